The fourth-order valence-electron chi connectivity index (χ4n) is 1.79. The lowest BCUT2D eigenvalue weighted by Gasteiger charge is -2.21. The zero-order valence-corrected chi connectivity index (χ0v) is 9.18. The summed E-state index contributed by atoms with van der Waals surface area (Å²) in [5.41, 5.74) is 0. The summed E-state index contributed by atoms with van der Waals surface area (Å²) in [6, 6.07) is 1.24. The van der Waals surface area contributed by atoms with Gasteiger partial charge >= 0.3 is 0 Å². The fourth-order valence-corrected chi connectivity index (χ4v) is 1.79. The number of hydrogen-bond acceptors (Lipinski definition) is 2. The van der Waals surface area contributed by atoms with Gasteiger partial charge in [-0.05, 0) is 39.0 Å². The van der Waals surface area contributed by atoms with Crippen molar-refractivity contribution in [1.82, 2.24) is 5.32 Å². The van der Waals surface area contributed by atoms with Crippen molar-refractivity contribution in [2.24, 2.45) is 5.92 Å². The Bertz CT molecular complexity index is 134. The summed E-state index contributed by atoms with van der Waals surface area (Å²) in [5, 5.41) is 3.64. The van der Waals surface area contributed by atoms with Gasteiger partial charge in [0, 0.05) is 18.7 Å². The molecule has 0 aromatic heterocycles. The highest BCUT2D eigenvalue weighted by Crippen LogP contribution is 2.34. The average Bonchev–Trinajstić information content (AvgIpc) is 2.94. The van der Waals surface area contributed by atoms with E-state index >= 15 is 0 Å². The first-order chi connectivity index (χ1) is 6.27. The molecule has 2 unspecified atom stereocenters. The number of hydrogen-bond donors (Lipinski definition) is 1. The van der Waals surface area contributed by atoms with Crippen LogP contribution in [0.2, 0.25) is 0 Å². The minimum Gasteiger partial charge on any atom is -0.380 e. The molecule has 1 aliphatic carbocycles. The molecule has 2 heteroatoms. The monoisotopic (exact) mass is 185 g/mol. The third kappa shape index (κ3) is 4.10. The van der Waals surface area contributed by atoms with E-state index < -0.39 is 0 Å². The molecule has 1 fully saturated rings. The Kier molecular flexibility index (Phi) is 4.74. The van der Waals surface area contributed by atoms with Crippen LogP contribution in [0, 0.1) is 5.92 Å². The van der Waals surface area contributed by atoms with E-state index in [0.717, 1.165) is 25.2 Å². The molecular weight excluding hydrogens is 162 g/mol. The summed E-state index contributed by atoms with van der Waals surface area (Å²) in [4.78, 5) is 0. The van der Waals surface area contributed by atoms with Gasteiger partial charge in [-0.15, -0.1) is 0 Å². The van der Waals surface area contributed by atoms with Crippen LogP contribution in [0.5, 0.6) is 0 Å². The molecule has 78 valence electrons. The number of rotatable bonds is 7. The lowest BCUT2D eigenvalue weighted by molar-refractivity contribution is 0.122. The van der Waals surface area contributed by atoms with Crippen LogP contribution in [0.25, 0.3) is 0 Å². The highest BCUT2D eigenvalue weighted by atomic mass is 16.5. The van der Waals surface area contributed by atoms with Gasteiger partial charge in [0.1, 0.15) is 0 Å². The van der Waals surface area contributed by atoms with Crippen LogP contribution >= 0.6 is 0 Å². The molecule has 0 heterocycles. The number of ether oxygens (including phenoxy) is 1. The minimum atomic E-state index is 0.505. The van der Waals surface area contributed by atoms with Crippen LogP contribution in [0.4, 0.5) is 0 Å². The standard InChI is InChI=1S/C11H23NO/c1-4-11(10-6-7-10)12-9(3)8-13-5-2/h9-12H,4-8H2,1-3H3. The van der Waals surface area contributed by atoms with Crippen molar-refractivity contribution in [2.75, 3.05) is 13.2 Å². The van der Waals surface area contributed by atoms with Crippen molar-refractivity contribution in [2.45, 2.75) is 52.1 Å². The Hall–Kier alpha value is -0.0800. The van der Waals surface area contributed by atoms with E-state index in [1.807, 2.05) is 6.92 Å². The summed E-state index contributed by atoms with van der Waals surface area (Å²) >= 11 is 0. The minimum absolute atomic E-state index is 0.505. The van der Waals surface area contributed by atoms with Crippen molar-refractivity contribution in [1.29, 1.82) is 0 Å². The first-order valence-corrected chi connectivity index (χ1v) is 5.61. The second-order valence-corrected chi connectivity index (χ2v) is 4.08. The van der Waals surface area contributed by atoms with Crippen LogP contribution < -0.4 is 5.32 Å². The Morgan fingerprint density at radius 2 is 2.08 bits per heavy atom. The van der Waals surface area contributed by atoms with Crippen molar-refractivity contribution in [3.8, 4) is 0 Å². The molecule has 0 saturated heterocycles. The van der Waals surface area contributed by atoms with Gasteiger partial charge in [-0.2, -0.15) is 0 Å². The third-order valence-corrected chi connectivity index (χ3v) is 2.70. The van der Waals surface area contributed by atoms with Gasteiger partial charge in [0.25, 0.3) is 0 Å². The maximum atomic E-state index is 5.38. The first kappa shape index (κ1) is 11.0. The fraction of sp³-hybridized carbons (Fsp3) is 1.00. The van der Waals surface area contributed by atoms with E-state index in [2.05, 4.69) is 19.2 Å². The van der Waals surface area contributed by atoms with Gasteiger partial charge in [-0.3, -0.25) is 0 Å². The normalized spacial score (nSPS) is 21.5. The molecule has 0 spiro atoms. The van der Waals surface area contributed by atoms with Crippen molar-refractivity contribution in [3.63, 3.8) is 0 Å². The molecule has 1 N–H and O–H groups in total. The topological polar surface area (TPSA) is 21.3 Å². The highest BCUT2D eigenvalue weighted by Gasteiger charge is 2.30. The maximum Gasteiger partial charge on any atom is 0.0616 e. The molecular formula is C11H23NO. The van der Waals surface area contributed by atoms with Gasteiger partial charge in [0.05, 0.1) is 6.61 Å². The maximum absolute atomic E-state index is 5.38. The Balaban J connectivity index is 2.12. The van der Waals surface area contributed by atoms with Crippen molar-refractivity contribution in [3.05, 3.63) is 0 Å². The lowest BCUT2D eigenvalue weighted by Crippen LogP contribution is -2.40. The molecule has 1 saturated carbocycles. The molecule has 1 rings (SSSR count). The molecule has 0 aromatic carbocycles. The molecule has 0 aliphatic heterocycles. The predicted octanol–water partition coefficient (Wildman–Crippen LogP) is 2.19. The summed E-state index contributed by atoms with van der Waals surface area (Å²) in [5.74, 6) is 0.953. The lowest BCUT2D eigenvalue weighted by atomic mass is 10.1. The largest absolute Gasteiger partial charge is 0.380 e. The first-order valence-electron chi connectivity index (χ1n) is 5.61. The molecule has 2 nitrogen and oxygen atoms in total. The zero-order valence-electron chi connectivity index (χ0n) is 9.18. The summed E-state index contributed by atoms with van der Waals surface area (Å²) in [6.45, 7) is 8.20. The van der Waals surface area contributed by atoms with Crippen LogP contribution in [-0.2, 0) is 4.74 Å². The Morgan fingerprint density at radius 1 is 1.38 bits per heavy atom. The van der Waals surface area contributed by atoms with Gasteiger partial charge in [-0.25, -0.2) is 0 Å². The highest BCUT2D eigenvalue weighted by molar-refractivity contribution is 4.86. The molecule has 0 aromatic rings. The molecule has 2 atom stereocenters. The van der Waals surface area contributed by atoms with Crippen LogP contribution in [0.3, 0.4) is 0 Å². The molecule has 0 amide bonds. The SMILES string of the molecule is CCOCC(C)NC(CC)C1CC1. The van der Waals surface area contributed by atoms with E-state index in [0.29, 0.717) is 6.04 Å². The molecule has 13 heavy (non-hydrogen) atoms. The third-order valence-electron chi connectivity index (χ3n) is 2.70. The summed E-state index contributed by atoms with van der Waals surface area (Å²) in [6.07, 6.45) is 4.10. The van der Waals surface area contributed by atoms with E-state index in [9.17, 15) is 0 Å². The van der Waals surface area contributed by atoms with E-state index in [1.54, 1.807) is 0 Å². The van der Waals surface area contributed by atoms with Gasteiger partial charge in [-0.1, -0.05) is 6.92 Å². The van der Waals surface area contributed by atoms with Gasteiger partial charge in [0.15, 0.2) is 0 Å². The van der Waals surface area contributed by atoms with Crippen LogP contribution in [-0.4, -0.2) is 25.3 Å². The van der Waals surface area contributed by atoms with E-state index in [4.69, 9.17) is 4.74 Å². The molecule has 1 aliphatic rings. The van der Waals surface area contributed by atoms with Crippen molar-refractivity contribution >= 4 is 0 Å². The molecule has 0 bridgehead atoms. The van der Waals surface area contributed by atoms with Gasteiger partial charge in [0.2, 0.25) is 0 Å². The van der Waals surface area contributed by atoms with E-state index in [-0.39, 0.29) is 0 Å². The zero-order chi connectivity index (χ0) is 9.68. The molecule has 0 radical (unpaired) electrons. The van der Waals surface area contributed by atoms with Crippen molar-refractivity contribution < 1.29 is 4.74 Å². The Morgan fingerprint density at radius 3 is 2.54 bits per heavy atom. The summed E-state index contributed by atoms with van der Waals surface area (Å²) < 4.78 is 5.38. The van der Waals surface area contributed by atoms with E-state index in [1.165, 1.54) is 19.3 Å². The summed E-state index contributed by atoms with van der Waals surface area (Å²) in [7, 11) is 0. The smallest absolute Gasteiger partial charge is 0.0616 e. The van der Waals surface area contributed by atoms with Gasteiger partial charge < -0.3 is 10.1 Å². The quantitative estimate of drug-likeness (QED) is 0.656. The number of nitrogens with one attached hydrogen (secondary N) is 1. The predicted molar refractivity (Wildman–Crippen MR) is 55.9 cm³/mol. The average molecular weight is 185 g/mol. The second kappa shape index (κ2) is 5.61. The second-order valence-electron chi connectivity index (χ2n) is 4.08. The van der Waals surface area contributed by atoms with Crippen LogP contribution in [0.15, 0.2) is 0 Å². The van der Waals surface area contributed by atoms with Crippen LogP contribution in [0.1, 0.15) is 40.0 Å². The Labute approximate surface area is 82.0 Å².